The van der Waals surface area contributed by atoms with Crippen LogP contribution in [0.3, 0.4) is 0 Å². The van der Waals surface area contributed by atoms with Gasteiger partial charge in [0.2, 0.25) is 0 Å². The Hall–Kier alpha value is -3.17. The van der Waals surface area contributed by atoms with Crippen LogP contribution in [0.4, 0.5) is 11.5 Å². The van der Waals surface area contributed by atoms with E-state index >= 15 is 0 Å². The minimum atomic E-state index is 0.629. The van der Waals surface area contributed by atoms with Gasteiger partial charge in [-0.2, -0.15) is 5.26 Å². The largest absolute Gasteiger partial charge is 0.354 e. The number of hydrogen-bond donors (Lipinski definition) is 1. The monoisotopic (exact) mass is 415 g/mol. The molecule has 1 aliphatic rings. The fourth-order valence-corrected chi connectivity index (χ4v) is 4.15. The number of nitrogens with zero attached hydrogens (tertiary/aromatic N) is 4. The smallest absolute Gasteiger partial charge is 0.173 e. The zero-order valence-corrected chi connectivity index (χ0v) is 18.2. The van der Waals surface area contributed by atoms with E-state index in [1.54, 1.807) is 0 Å². The first-order chi connectivity index (χ1) is 14.6. The number of aromatic nitrogens is 1. The van der Waals surface area contributed by atoms with Crippen molar-refractivity contribution < 1.29 is 0 Å². The van der Waals surface area contributed by atoms with E-state index in [9.17, 15) is 5.26 Å². The first-order valence-electron chi connectivity index (χ1n) is 10.2. The van der Waals surface area contributed by atoms with Gasteiger partial charge < -0.3 is 15.1 Å². The van der Waals surface area contributed by atoms with Crippen LogP contribution in [0, 0.1) is 25.2 Å². The second-order valence-corrected chi connectivity index (χ2v) is 8.06. The lowest BCUT2D eigenvalue weighted by molar-refractivity contribution is 0.454. The molecule has 0 aliphatic carbocycles. The molecule has 0 atom stereocenters. The molecular weight excluding hydrogens is 390 g/mol. The molecule has 30 heavy (non-hydrogen) atoms. The molecule has 2 heterocycles. The molecule has 1 fully saturated rings. The van der Waals surface area contributed by atoms with Gasteiger partial charge in [-0.25, -0.2) is 4.98 Å². The van der Waals surface area contributed by atoms with E-state index in [-0.39, 0.29) is 0 Å². The van der Waals surface area contributed by atoms with E-state index in [4.69, 9.17) is 17.2 Å². The van der Waals surface area contributed by atoms with Gasteiger partial charge in [-0.3, -0.25) is 0 Å². The second kappa shape index (κ2) is 8.68. The predicted molar refractivity (Wildman–Crippen MR) is 127 cm³/mol. The summed E-state index contributed by atoms with van der Waals surface area (Å²) in [5.41, 5.74) is 4.99. The van der Waals surface area contributed by atoms with Crippen molar-refractivity contribution in [2.75, 3.05) is 36.4 Å². The summed E-state index contributed by atoms with van der Waals surface area (Å²) in [6.07, 6.45) is 0.952. The van der Waals surface area contributed by atoms with Crippen LogP contribution in [0.2, 0.25) is 0 Å². The Bertz CT molecular complexity index is 1120. The maximum absolute atomic E-state index is 9.75. The van der Waals surface area contributed by atoms with Crippen molar-refractivity contribution in [3.05, 3.63) is 65.2 Å². The highest BCUT2D eigenvalue weighted by atomic mass is 32.1. The summed E-state index contributed by atoms with van der Waals surface area (Å²) in [6, 6.07) is 18.5. The van der Waals surface area contributed by atoms with E-state index in [2.05, 4.69) is 41.1 Å². The molecule has 1 saturated heterocycles. The average Bonchev–Trinajstić information content (AvgIpc) is 3.02. The van der Waals surface area contributed by atoms with E-state index in [1.807, 2.05) is 42.5 Å². The van der Waals surface area contributed by atoms with E-state index in [0.717, 1.165) is 60.1 Å². The summed E-state index contributed by atoms with van der Waals surface area (Å²) < 4.78 is 0. The number of aryl methyl sites for hydroxylation is 2. The molecule has 2 aromatic carbocycles. The van der Waals surface area contributed by atoms with Crippen molar-refractivity contribution in [2.24, 2.45) is 0 Å². The van der Waals surface area contributed by atoms with Gasteiger partial charge in [-0.15, -0.1) is 0 Å². The maximum Gasteiger partial charge on any atom is 0.173 e. The van der Waals surface area contributed by atoms with Gasteiger partial charge >= 0.3 is 0 Å². The Labute approximate surface area is 182 Å². The molecule has 152 valence electrons. The Morgan fingerprint density at radius 1 is 1.07 bits per heavy atom. The number of pyridine rings is 1. The highest BCUT2D eigenvalue weighted by Crippen LogP contribution is 2.27. The first kappa shape index (κ1) is 20.1. The van der Waals surface area contributed by atoms with Crippen molar-refractivity contribution in [3.8, 4) is 6.07 Å². The van der Waals surface area contributed by atoms with E-state index in [0.29, 0.717) is 5.56 Å². The molecule has 0 saturated carbocycles. The molecule has 6 heteroatoms. The van der Waals surface area contributed by atoms with Crippen molar-refractivity contribution in [2.45, 2.75) is 20.3 Å². The zero-order valence-electron chi connectivity index (χ0n) is 17.4. The number of thiocarbonyl (C=S) groups is 1. The third-order valence-corrected chi connectivity index (χ3v) is 6.08. The molecule has 0 radical (unpaired) electrons. The molecule has 0 spiro atoms. The molecule has 1 N–H and O–H groups in total. The summed E-state index contributed by atoms with van der Waals surface area (Å²) >= 11 is 5.64. The van der Waals surface area contributed by atoms with Gasteiger partial charge in [0.25, 0.3) is 0 Å². The molecule has 0 unspecified atom stereocenters. The van der Waals surface area contributed by atoms with Gasteiger partial charge in [0, 0.05) is 37.3 Å². The lowest BCUT2D eigenvalue weighted by atomic mass is 10.0. The van der Waals surface area contributed by atoms with Crippen LogP contribution in [0.25, 0.3) is 10.9 Å². The van der Waals surface area contributed by atoms with Gasteiger partial charge in [0.05, 0.1) is 11.1 Å². The average molecular weight is 416 g/mol. The molecule has 4 rings (SSSR count). The molecule has 5 nitrogen and oxygen atoms in total. The van der Waals surface area contributed by atoms with Gasteiger partial charge in [-0.05, 0) is 61.8 Å². The van der Waals surface area contributed by atoms with Crippen LogP contribution in [0.1, 0.15) is 23.1 Å². The third-order valence-electron chi connectivity index (χ3n) is 5.72. The lowest BCUT2D eigenvalue weighted by Crippen LogP contribution is -2.38. The third kappa shape index (κ3) is 4.07. The van der Waals surface area contributed by atoms with Crippen LogP contribution in [-0.2, 0) is 0 Å². The lowest BCUT2D eigenvalue weighted by Gasteiger charge is -2.25. The molecule has 3 aromatic rings. The van der Waals surface area contributed by atoms with E-state index in [1.165, 1.54) is 11.1 Å². The van der Waals surface area contributed by atoms with Gasteiger partial charge in [-0.1, -0.05) is 30.3 Å². The highest BCUT2D eigenvalue weighted by molar-refractivity contribution is 7.80. The fourth-order valence-electron chi connectivity index (χ4n) is 3.85. The predicted octanol–water partition coefficient (Wildman–Crippen LogP) is 4.63. The SMILES string of the molecule is Cc1ccc2cc(C#N)c(N3CCCN(C(=S)Nc4ccccc4)CC3)nc2c1C. The minimum Gasteiger partial charge on any atom is -0.354 e. The number of anilines is 2. The minimum absolute atomic E-state index is 0.629. The van der Waals surface area contributed by atoms with E-state index < -0.39 is 0 Å². The number of rotatable bonds is 2. The number of nitriles is 1. The van der Waals surface area contributed by atoms with Crippen molar-refractivity contribution in [1.82, 2.24) is 9.88 Å². The van der Waals surface area contributed by atoms with Crippen molar-refractivity contribution in [3.63, 3.8) is 0 Å². The van der Waals surface area contributed by atoms with Crippen molar-refractivity contribution >= 4 is 39.7 Å². The van der Waals surface area contributed by atoms with Crippen LogP contribution in [0.5, 0.6) is 0 Å². The first-order valence-corrected chi connectivity index (χ1v) is 10.6. The van der Waals surface area contributed by atoms with Gasteiger partial charge in [0.1, 0.15) is 11.9 Å². The molecular formula is C24H25N5S. The Morgan fingerprint density at radius 2 is 1.87 bits per heavy atom. The topological polar surface area (TPSA) is 55.2 Å². The van der Waals surface area contributed by atoms with Crippen LogP contribution in [0.15, 0.2) is 48.5 Å². The Kier molecular flexibility index (Phi) is 5.82. The number of para-hydroxylation sites is 1. The van der Waals surface area contributed by atoms with Crippen LogP contribution < -0.4 is 10.2 Å². The summed E-state index contributed by atoms with van der Waals surface area (Å²) in [5, 5.41) is 14.8. The van der Waals surface area contributed by atoms with Crippen LogP contribution in [-0.4, -0.2) is 41.2 Å². The standard InChI is InChI=1S/C24H25N5S/c1-17-9-10-19-15-20(16-25)23(27-22(19)18(17)2)28-11-6-12-29(14-13-28)24(30)26-21-7-4-3-5-8-21/h3-5,7-10,15H,6,11-14H2,1-2H3,(H,26,30). The number of nitrogens with one attached hydrogen (secondary N) is 1. The quantitative estimate of drug-likeness (QED) is 0.616. The summed E-state index contributed by atoms with van der Waals surface area (Å²) in [7, 11) is 0. The summed E-state index contributed by atoms with van der Waals surface area (Å²) in [4.78, 5) is 9.37. The molecule has 1 aromatic heterocycles. The molecule has 0 bridgehead atoms. The van der Waals surface area contributed by atoms with Gasteiger partial charge in [0.15, 0.2) is 5.11 Å². The fraction of sp³-hybridized carbons (Fsp3) is 0.292. The highest BCUT2D eigenvalue weighted by Gasteiger charge is 2.21. The summed E-state index contributed by atoms with van der Waals surface area (Å²) in [6.45, 7) is 7.48. The zero-order chi connectivity index (χ0) is 21.1. The summed E-state index contributed by atoms with van der Waals surface area (Å²) in [5.74, 6) is 0.780. The normalized spacial score (nSPS) is 14.3. The Morgan fingerprint density at radius 3 is 2.63 bits per heavy atom. The number of benzene rings is 2. The number of fused-ring (bicyclic) bond motifs is 1. The van der Waals surface area contributed by atoms with Crippen molar-refractivity contribution in [1.29, 1.82) is 5.26 Å². The molecule has 0 amide bonds. The number of hydrogen-bond acceptors (Lipinski definition) is 4. The maximum atomic E-state index is 9.75. The Balaban J connectivity index is 1.55. The second-order valence-electron chi connectivity index (χ2n) is 7.67. The molecule has 1 aliphatic heterocycles. The van der Waals surface area contributed by atoms with Crippen LogP contribution >= 0.6 is 12.2 Å².